The van der Waals surface area contributed by atoms with Crippen molar-refractivity contribution >= 4 is 23.2 Å². The fourth-order valence-electron chi connectivity index (χ4n) is 2.40. The van der Waals surface area contributed by atoms with Gasteiger partial charge in [-0.15, -0.1) is 0 Å². The molecule has 0 bridgehead atoms. The van der Waals surface area contributed by atoms with E-state index in [0.29, 0.717) is 0 Å². The first-order valence-corrected chi connectivity index (χ1v) is 6.46. The topological polar surface area (TPSA) is 29.1 Å². The number of hydrogen-bond donors (Lipinski definition) is 1. The molecular formula is C16H8F5NO. The summed E-state index contributed by atoms with van der Waals surface area (Å²) in [6, 6.07) is 6.55. The highest BCUT2D eigenvalue weighted by molar-refractivity contribution is 6.35. The minimum Gasteiger partial charge on any atom is -0.321 e. The highest BCUT2D eigenvalue weighted by Crippen LogP contribution is 2.38. The number of nitrogens with one attached hydrogen (secondary N) is 1. The standard InChI is InChI=1S/C16H8F5NO/c17-11-5-6-12-13(14(11)18)9(15(23)22-12)7-8-3-1-2-4-10(8)16(19,20)21/h1-7H,(H,22,23). The van der Waals surface area contributed by atoms with Crippen molar-refractivity contribution in [1.82, 2.24) is 0 Å². The average molecular weight is 325 g/mol. The smallest absolute Gasteiger partial charge is 0.321 e. The van der Waals surface area contributed by atoms with Gasteiger partial charge in [-0.25, -0.2) is 8.78 Å². The molecule has 0 atom stereocenters. The van der Waals surface area contributed by atoms with Crippen LogP contribution in [0.2, 0.25) is 0 Å². The van der Waals surface area contributed by atoms with Crippen molar-refractivity contribution in [3.8, 4) is 0 Å². The van der Waals surface area contributed by atoms with E-state index >= 15 is 0 Å². The summed E-state index contributed by atoms with van der Waals surface area (Å²) in [4.78, 5) is 11.9. The number of carbonyl (C=O) groups is 1. The van der Waals surface area contributed by atoms with E-state index in [1.807, 2.05) is 0 Å². The van der Waals surface area contributed by atoms with E-state index in [2.05, 4.69) is 5.32 Å². The Hall–Kier alpha value is -2.70. The van der Waals surface area contributed by atoms with E-state index in [4.69, 9.17) is 0 Å². The molecule has 0 aliphatic carbocycles. The van der Waals surface area contributed by atoms with Gasteiger partial charge in [0.1, 0.15) is 0 Å². The van der Waals surface area contributed by atoms with Crippen LogP contribution in [0.15, 0.2) is 36.4 Å². The van der Waals surface area contributed by atoms with Crippen molar-refractivity contribution in [2.24, 2.45) is 0 Å². The zero-order valence-electron chi connectivity index (χ0n) is 11.3. The van der Waals surface area contributed by atoms with Crippen LogP contribution in [-0.4, -0.2) is 5.91 Å². The number of rotatable bonds is 1. The third-order valence-electron chi connectivity index (χ3n) is 3.42. The van der Waals surface area contributed by atoms with Crippen LogP contribution in [0.3, 0.4) is 0 Å². The van der Waals surface area contributed by atoms with Crippen LogP contribution in [0.25, 0.3) is 11.6 Å². The molecule has 23 heavy (non-hydrogen) atoms. The SMILES string of the molecule is O=C1Nc2ccc(F)c(F)c2C1=Cc1ccccc1C(F)(F)F. The van der Waals surface area contributed by atoms with Crippen LogP contribution in [0.4, 0.5) is 27.6 Å². The van der Waals surface area contributed by atoms with Gasteiger partial charge in [-0.1, -0.05) is 18.2 Å². The maximum Gasteiger partial charge on any atom is 0.416 e. The van der Waals surface area contributed by atoms with Crippen molar-refractivity contribution in [2.45, 2.75) is 6.18 Å². The largest absolute Gasteiger partial charge is 0.416 e. The van der Waals surface area contributed by atoms with Crippen LogP contribution < -0.4 is 5.32 Å². The molecule has 0 fully saturated rings. The molecule has 0 saturated heterocycles. The van der Waals surface area contributed by atoms with Crippen LogP contribution >= 0.6 is 0 Å². The lowest BCUT2D eigenvalue weighted by atomic mass is 10.00. The molecule has 0 aromatic heterocycles. The maximum atomic E-state index is 13.9. The number of halogens is 5. The van der Waals surface area contributed by atoms with E-state index in [0.717, 1.165) is 30.3 Å². The molecule has 2 nitrogen and oxygen atoms in total. The molecule has 2 aromatic carbocycles. The Balaban J connectivity index is 2.21. The second kappa shape index (κ2) is 5.19. The van der Waals surface area contributed by atoms with Gasteiger partial charge in [0.25, 0.3) is 5.91 Å². The van der Waals surface area contributed by atoms with E-state index in [1.165, 1.54) is 12.1 Å². The Kier molecular flexibility index (Phi) is 3.43. The molecule has 7 heteroatoms. The predicted octanol–water partition coefficient (Wildman–Crippen LogP) is 4.48. The van der Waals surface area contributed by atoms with Gasteiger partial charge in [0.15, 0.2) is 11.6 Å². The Morgan fingerprint density at radius 2 is 1.70 bits per heavy atom. The third-order valence-corrected chi connectivity index (χ3v) is 3.42. The van der Waals surface area contributed by atoms with Gasteiger partial charge in [0.05, 0.1) is 16.8 Å². The fraction of sp³-hybridized carbons (Fsp3) is 0.0625. The Morgan fingerprint density at radius 3 is 2.39 bits per heavy atom. The Labute approximate surface area is 127 Å². The molecule has 118 valence electrons. The summed E-state index contributed by atoms with van der Waals surface area (Å²) in [5, 5.41) is 2.30. The second-order valence-electron chi connectivity index (χ2n) is 4.88. The van der Waals surface area contributed by atoms with Gasteiger partial charge in [-0.2, -0.15) is 13.2 Å². The molecule has 0 radical (unpaired) electrons. The van der Waals surface area contributed by atoms with Crippen molar-refractivity contribution < 1.29 is 26.7 Å². The summed E-state index contributed by atoms with van der Waals surface area (Å²) < 4.78 is 66.3. The van der Waals surface area contributed by atoms with Crippen molar-refractivity contribution in [2.75, 3.05) is 5.32 Å². The maximum absolute atomic E-state index is 13.9. The molecule has 1 aliphatic rings. The number of benzene rings is 2. The fourth-order valence-corrected chi connectivity index (χ4v) is 2.40. The number of carbonyl (C=O) groups excluding carboxylic acids is 1. The number of alkyl halides is 3. The summed E-state index contributed by atoms with van der Waals surface area (Å²) in [6.07, 6.45) is -3.72. The van der Waals surface area contributed by atoms with Gasteiger partial charge in [0.2, 0.25) is 0 Å². The van der Waals surface area contributed by atoms with Crippen molar-refractivity contribution in [3.63, 3.8) is 0 Å². The lowest BCUT2D eigenvalue weighted by Crippen LogP contribution is -2.08. The summed E-state index contributed by atoms with van der Waals surface area (Å²) in [5.74, 6) is -3.26. The zero-order chi connectivity index (χ0) is 16.8. The van der Waals surface area contributed by atoms with Crippen LogP contribution in [0, 0.1) is 11.6 Å². The number of amides is 1. The van der Waals surface area contributed by atoms with E-state index in [9.17, 15) is 26.7 Å². The number of hydrogen-bond acceptors (Lipinski definition) is 1. The van der Waals surface area contributed by atoms with Gasteiger partial charge in [0, 0.05) is 5.56 Å². The molecule has 1 heterocycles. The second-order valence-corrected chi connectivity index (χ2v) is 4.88. The normalized spacial score (nSPS) is 15.7. The Bertz CT molecular complexity index is 839. The van der Waals surface area contributed by atoms with E-state index in [1.54, 1.807) is 0 Å². The van der Waals surface area contributed by atoms with Crippen molar-refractivity contribution in [1.29, 1.82) is 0 Å². The summed E-state index contributed by atoms with van der Waals surface area (Å²) in [6.45, 7) is 0. The van der Waals surface area contributed by atoms with Gasteiger partial charge in [-0.05, 0) is 29.8 Å². The van der Waals surface area contributed by atoms with Crippen molar-refractivity contribution in [3.05, 3.63) is 64.7 Å². The van der Waals surface area contributed by atoms with Crippen LogP contribution in [0.5, 0.6) is 0 Å². The van der Waals surface area contributed by atoms with Gasteiger partial charge < -0.3 is 5.32 Å². The lowest BCUT2D eigenvalue weighted by molar-refractivity contribution is -0.137. The van der Waals surface area contributed by atoms with E-state index in [-0.39, 0.29) is 22.4 Å². The first kappa shape index (κ1) is 15.2. The molecule has 1 N–H and O–H groups in total. The molecule has 3 rings (SSSR count). The molecule has 1 aliphatic heterocycles. The summed E-state index contributed by atoms with van der Waals surface area (Å²) >= 11 is 0. The number of fused-ring (bicyclic) bond motifs is 1. The highest BCUT2D eigenvalue weighted by Gasteiger charge is 2.34. The molecule has 2 aromatic rings. The van der Waals surface area contributed by atoms with Crippen LogP contribution in [0.1, 0.15) is 16.7 Å². The van der Waals surface area contributed by atoms with Gasteiger partial charge >= 0.3 is 6.18 Å². The first-order chi connectivity index (χ1) is 10.8. The third kappa shape index (κ3) is 2.58. The Morgan fingerprint density at radius 1 is 1.00 bits per heavy atom. The minimum absolute atomic E-state index is 0.0182. The first-order valence-electron chi connectivity index (χ1n) is 6.46. The zero-order valence-corrected chi connectivity index (χ0v) is 11.3. The summed E-state index contributed by atoms with van der Waals surface area (Å²) in [5.41, 5.74) is -1.97. The lowest BCUT2D eigenvalue weighted by Gasteiger charge is -2.10. The number of anilines is 1. The predicted molar refractivity (Wildman–Crippen MR) is 74.3 cm³/mol. The molecule has 0 spiro atoms. The highest BCUT2D eigenvalue weighted by atomic mass is 19.4. The van der Waals surface area contributed by atoms with Crippen LogP contribution in [-0.2, 0) is 11.0 Å². The molecule has 0 unspecified atom stereocenters. The van der Waals surface area contributed by atoms with E-state index < -0.39 is 29.3 Å². The summed E-state index contributed by atoms with van der Waals surface area (Å²) in [7, 11) is 0. The minimum atomic E-state index is -4.63. The quantitative estimate of drug-likeness (QED) is 0.608. The molecule has 1 amide bonds. The monoisotopic (exact) mass is 325 g/mol. The molecular weight excluding hydrogens is 317 g/mol. The molecule has 0 saturated carbocycles. The van der Waals surface area contributed by atoms with Gasteiger partial charge in [-0.3, -0.25) is 4.79 Å². The average Bonchev–Trinajstić information content (AvgIpc) is 2.79.